The van der Waals surface area contributed by atoms with Crippen LogP contribution in [0.2, 0.25) is 0 Å². The van der Waals surface area contributed by atoms with Gasteiger partial charge in [0.1, 0.15) is 5.75 Å². The summed E-state index contributed by atoms with van der Waals surface area (Å²) >= 11 is 1.27. The van der Waals surface area contributed by atoms with E-state index in [0.717, 1.165) is 29.0 Å². The Bertz CT molecular complexity index is 1000. The third-order valence-corrected chi connectivity index (χ3v) is 6.08. The van der Waals surface area contributed by atoms with Crippen LogP contribution in [0.1, 0.15) is 38.7 Å². The number of para-hydroxylation sites is 1. The van der Waals surface area contributed by atoms with E-state index in [1.165, 1.54) is 16.4 Å². The lowest BCUT2D eigenvalue weighted by molar-refractivity contribution is -0.115. The summed E-state index contributed by atoms with van der Waals surface area (Å²) in [6.45, 7) is 6.12. The number of carbonyl (C=O) groups is 1. The van der Waals surface area contributed by atoms with Crippen LogP contribution in [0.5, 0.6) is 5.75 Å². The molecular formula is C22H27N5O2S. The average Bonchev–Trinajstić information content (AvgIpc) is 3.13. The van der Waals surface area contributed by atoms with E-state index in [2.05, 4.69) is 35.4 Å². The van der Waals surface area contributed by atoms with Crippen LogP contribution in [0.25, 0.3) is 11.4 Å². The Morgan fingerprint density at radius 3 is 2.53 bits per heavy atom. The quantitative estimate of drug-likeness (QED) is 0.413. The Hall–Kier alpha value is -3.00. The number of anilines is 1. The summed E-state index contributed by atoms with van der Waals surface area (Å²) in [6, 6.07) is 15.3. The number of ether oxygens (including phenoxy) is 1. The lowest BCUT2D eigenvalue weighted by Crippen LogP contribution is -2.24. The number of benzene rings is 2. The van der Waals surface area contributed by atoms with Gasteiger partial charge in [-0.3, -0.25) is 4.79 Å². The lowest BCUT2D eigenvalue weighted by atomic mass is 9.97. The second-order valence-corrected chi connectivity index (χ2v) is 8.36. The molecule has 158 valence electrons. The van der Waals surface area contributed by atoms with Crippen LogP contribution >= 0.6 is 11.8 Å². The van der Waals surface area contributed by atoms with Crippen molar-refractivity contribution in [3.05, 3.63) is 54.1 Å². The second kappa shape index (κ2) is 9.67. The van der Waals surface area contributed by atoms with E-state index in [1.54, 1.807) is 7.11 Å². The number of amides is 1. The van der Waals surface area contributed by atoms with Gasteiger partial charge in [0.15, 0.2) is 5.82 Å². The normalized spacial score (nSPS) is 12.9. The second-order valence-electron chi connectivity index (χ2n) is 7.05. The molecule has 0 aliphatic heterocycles. The monoisotopic (exact) mass is 425 g/mol. The highest BCUT2D eigenvalue weighted by Crippen LogP contribution is 2.29. The maximum atomic E-state index is 12.8. The fraction of sp³-hybridized carbons (Fsp3) is 0.318. The minimum atomic E-state index is -0.398. The zero-order valence-corrected chi connectivity index (χ0v) is 18.4. The van der Waals surface area contributed by atoms with Crippen LogP contribution in [-0.4, -0.2) is 33.1 Å². The number of thioether (sulfide) groups is 1. The number of hydrogen-bond acceptors (Lipinski definition) is 6. The van der Waals surface area contributed by atoms with Crippen LogP contribution in [0.15, 0.2) is 53.7 Å². The van der Waals surface area contributed by atoms with Crippen molar-refractivity contribution in [3.63, 3.8) is 0 Å². The number of nitrogen functional groups attached to an aromatic ring is 1. The van der Waals surface area contributed by atoms with Gasteiger partial charge in [0.2, 0.25) is 11.1 Å². The van der Waals surface area contributed by atoms with E-state index in [1.807, 2.05) is 49.4 Å². The molecule has 0 spiro atoms. The number of aromatic nitrogens is 3. The summed E-state index contributed by atoms with van der Waals surface area (Å²) in [5.74, 6) is 7.73. The molecule has 0 aliphatic carbocycles. The zero-order chi connectivity index (χ0) is 21.7. The first-order valence-corrected chi connectivity index (χ1v) is 10.7. The van der Waals surface area contributed by atoms with E-state index in [-0.39, 0.29) is 5.91 Å². The number of rotatable bonds is 8. The predicted molar refractivity (Wildman–Crippen MR) is 121 cm³/mol. The van der Waals surface area contributed by atoms with Crippen molar-refractivity contribution in [2.75, 3.05) is 18.3 Å². The van der Waals surface area contributed by atoms with E-state index in [4.69, 9.17) is 10.6 Å². The van der Waals surface area contributed by atoms with Crippen molar-refractivity contribution in [3.8, 4) is 17.1 Å². The molecule has 2 atom stereocenters. The first-order chi connectivity index (χ1) is 14.4. The minimum Gasteiger partial charge on any atom is -0.497 e. The van der Waals surface area contributed by atoms with Crippen molar-refractivity contribution in [2.45, 2.75) is 43.5 Å². The highest BCUT2D eigenvalue weighted by atomic mass is 32.2. The Morgan fingerprint density at radius 1 is 1.17 bits per heavy atom. The standard InChI is InChI=1S/C22H27N5O2S/c1-5-14(2)18-8-6-7-9-19(18)24-21(28)15(3)30-22-26-25-20(27(22)23)16-10-12-17(29-4)13-11-16/h6-15H,5,23H2,1-4H3,(H,24,28)/t14-,15+/m0/s1. The molecule has 3 rings (SSSR count). The number of hydrogen-bond donors (Lipinski definition) is 2. The Balaban J connectivity index is 1.71. The molecule has 1 aromatic heterocycles. The first-order valence-electron chi connectivity index (χ1n) is 9.86. The van der Waals surface area contributed by atoms with Crippen LogP contribution in [0.4, 0.5) is 5.69 Å². The highest BCUT2D eigenvalue weighted by molar-refractivity contribution is 8.00. The fourth-order valence-electron chi connectivity index (χ4n) is 3.00. The predicted octanol–water partition coefficient (Wildman–Crippen LogP) is 4.30. The molecule has 0 bridgehead atoms. The minimum absolute atomic E-state index is 0.107. The SMILES string of the molecule is CC[C@H](C)c1ccccc1NC(=O)[C@@H](C)Sc1nnc(-c2ccc(OC)cc2)n1N. The molecule has 1 amide bonds. The largest absolute Gasteiger partial charge is 0.497 e. The van der Waals surface area contributed by atoms with E-state index in [9.17, 15) is 4.79 Å². The maximum absolute atomic E-state index is 12.8. The first kappa shape index (κ1) is 21.7. The molecule has 3 aromatic rings. The van der Waals surface area contributed by atoms with Gasteiger partial charge in [-0.2, -0.15) is 0 Å². The summed E-state index contributed by atoms with van der Waals surface area (Å²) in [6.07, 6.45) is 1.00. The van der Waals surface area contributed by atoms with Gasteiger partial charge in [-0.15, -0.1) is 10.2 Å². The number of nitrogens with two attached hydrogens (primary N) is 1. The van der Waals surface area contributed by atoms with Crippen molar-refractivity contribution in [2.24, 2.45) is 0 Å². The fourth-order valence-corrected chi connectivity index (χ4v) is 3.77. The van der Waals surface area contributed by atoms with Gasteiger partial charge in [0.25, 0.3) is 0 Å². The van der Waals surface area contributed by atoms with E-state index in [0.29, 0.717) is 16.9 Å². The zero-order valence-electron chi connectivity index (χ0n) is 17.6. The van der Waals surface area contributed by atoms with Gasteiger partial charge in [0.05, 0.1) is 12.4 Å². The molecule has 0 radical (unpaired) electrons. The number of nitrogens with one attached hydrogen (secondary N) is 1. The molecule has 7 nitrogen and oxygen atoms in total. The van der Waals surface area contributed by atoms with Crippen molar-refractivity contribution < 1.29 is 9.53 Å². The van der Waals surface area contributed by atoms with Gasteiger partial charge in [-0.05, 0) is 55.2 Å². The Morgan fingerprint density at radius 2 is 1.87 bits per heavy atom. The topological polar surface area (TPSA) is 95.1 Å². The van der Waals surface area contributed by atoms with Gasteiger partial charge >= 0.3 is 0 Å². The summed E-state index contributed by atoms with van der Waals surface area (Å²) < 4.78 is 6.58. The van der Waals surface area contributed by atoms with Crippen molar-refractivity contribution in [1.29, 1.82) is 0 Å². The molecule has 0 aliphatic rings. The molecule has 0 fully saturated rings. The third kappa shape index (κ3) is 4.76. The van der Waals surface area contributed by atoms with E-state index < -0.39 is 5.25 Å². The lowest BCUT2D eigenvalue weighted by Gasteiger charge is -2.17. The Labute approximate surface area is 181 Å². The molecule has 0 saturated heterocycles. The molecule has 1 heterocycles. The van der Waals surface area contributed by atoms with Crippen molar-refractivity contribution >= 4 is 23.4 Å². The third-order valence-electron chi connectivity index (χ3n) is 5.03. The van der Waals surface area contributed by atoms with E-state index >= 15 is 0 Å². The van der Waals surface area contributed by atoms with Crippen molar-refractivity contribution in [1.82, 2.24) is 14.9 Å². The van der Waals surface area contributed by atoms with Gasteiger partial charge in [0, 0.05) is 11.3 Å². The molecule has 30 heavy (non-hydrogen) atoms. The molecule has 3 N–H and O–H groups in total. The van der Waals surface area contributed by atoms with Crippen LogP contribution in [0, 0.1) is 0 Å². The highest BCUT2D eigenvalue weighted by Gasteiger charge is 2.21. The molecule has 0 saturated carbocycles. The van der Waals surface area contributed by atoms with Gasteiger partial charge in [-0.1, -0.05) is 43.8 Å². The Kier molecular flexibility index (Phi) is 6.99. The summed E-state index contributed by atoms with van der Waals surface area (Å²) in [4.78, 5) is 12.8. The van der Waals surface area contributed by atoms with Gasteiger partial charge < -0.3 is 15.9 Å². The van der Waals surface area contributed by atoms with Crippen LogP contribution < -0.4 is 15.9 Å². The summed E-state index contributed by atoms with van der Waals surface area (Å²) in [5, 5.41) is 11.5. The molecule has 2 aromatic carbocycles. The van der Waals surface area contributed by atoms with Crippen LogP contribution in [0.3, 0.4) is 0 Å². The van der Waals surface area contributed by atoms with Gasteiger partial charge in [-0.25, -0.2) is 4.68 Å². The molecular weight excluding hydrogens is 398 g/mol. The summed E-state index contributed by atoms with van der Waals surface area (Å²) in [7, 11) is 1.61. The average molecular weight is 426 g/mol. The smallest absolute Gasteiger partial charge is 0.237 e. The summed E-state index contributed by atoms with van der Waals surface area (Å²) in [5.41, 5.74) is 2.80. The number of nitrogens with zero attached hydrogens (tertiary/aromatic N) is 3. The molecule has 0 unspecified atom stereocenters. The maximum Gasteiger partial charge on any atom is 0.237 e. The number of carbonyl (C=O) groups excluding carboxylic acids is 1. The number of methoxy groups -OCH3 is 1. The van der Waals surface area contributed by atoms with Crippen LogP contribution in [-0.2, 0) is 4.79 Å². The molecule has 8 heteroatoms.